The van der Waals surface area contributed by atoms with Gasteiger partial charge in [0.2, 0.25) is 6.41 Å². The van der Waals surface area contributed by atoms with Crippen LogP contribution in [0.1, 0.15) is 16.8 Å². The Hall–Kier alpha value is -3.35. The summed E-state index contributed by atoms with van der Waals surface area (Å²) in [5, 5.41) is 20.6. The van der Waals surface area contributed by atoms with Crippen LogP contribution in [0.4, 0.5) is 11.4 Å². The Morgan fingerprint density at radius 1 is 1.31 bits per heavy atom. The second-order valence-electron chi connectivity index (χ2n) is 6.20. The summed E-state index contributed by atoms with van der Waals surface area (Å²) in [7, 11) is 0. The predicted octanol–water partition coefficient (Wildman–Crippen LogP) is 2.97. The van der Waals surface area contributed by atoms with Gasteiger partial charge >= 0.3 is 5.97 Å². The number of benzene rings is 2. The molecule has 1 amide bonds. The van der Waals surface area contributed by atoms with Crippen molar-refractivity contribution in [2.75, 3.05) is 11.9 Å². The number of amides is 1. The van der Waals surface area contributed by atoms with Crippen molar-refractivity contribution in [3.05, 3.63) is 53.2 Å². The van der Waals surface area contributed by atoms with E-state index in [0.717, 1.165) is 39.1 Å². The van der Waals surface area contributed by atoms with Gasteiger partial charge < -0.3 is 15.3 Å². The smallest absolute Gasteiger partial charge is 0.323 e. The monoisotopic (exact) mass is 352 g/mol. The number of hydrogen-bond donors (Lipinski definition) is 3. The van der Waals surface area contributed by atoms with Gasteiger partial charge in [0.05, 0.1) is 5.52 Å². The van der Waals surface area contributed by atoms with Crippen LogP contribution in [0.15, 0.2) is 36.4 Å². The number of carbonyl (C=O) groups is 2. The minimum Gasteiger partial charge on any atom is -0.480 e. The molecule has 0 unspecified atom stereocenters. The maximum Gasteiger partial charge on any atom is 0.323 e. The van der Waals surface area contributed by atoms with E-state index in [0.29, 0.717) is 6.41 Å². The predicted molar refractivity (Wildman–Crippen MR) is 99.4 cm³/mol. The molecule has 0 saturated carbocycles. The number of carboxylic acid groups (broad SMARTS) is 1. The van der Waals surface area contributed by atoms with E-state index in [4.69, 9.17) is 5.11 Å². The maximum atomic E-state index is 11.1. The number of carbonyl (C=O) groups excluding carboxylic acids is 1. The molecule has 1 heterocycles. The summed E-state index contributed by atoms with van der Waals surface area (Å²) in [5.41, 5.74) is 5.56. The Morgan fingerprint density at radius 2 is 2.12 bits per heavy atom. The van der Waals surface area contributed by atoms with E-state index < -0.39 is 5.97 Å². The van der Waals surface area contributed by atoms with Gasteiger partial charge in [0.15, 0.2) is 0 Å². The molecule has 1 aromatic heterocycles. The minimum absolute atomic E-state index is 0.245. The van der Waals surface area contributed by atoms with Gasteiger partial charge in [-0.1, -0.05) is 12.1 Å². The number of aryl methyl sites for hydroxylation is 1. The highest BCUT2D eigenvalue weighted by Gasteiger charge is 2.11. The molecule has 134 valence electrons. The van der Waals surface area contributed by atoms with Crippen molar-refractivity contribution in [1.29, 1.82) is 0 Å². The maximum absolute atomic E-state index is 11.1. The summed E-state index contributed by atoms with van der Waals surface area (Å²) in [6, 6.07) is 11.7. The summed E-state index contributed by atoms with van der Waals surface area (Å²) in [5.74, 6) is -1.04. The molecule has 0 bridgehead atoms. The number of H-pyrrole nitrogens is 1. The number of anilines is 2. The molecule has 0 saturated heterocycles. The van der Waals surface area contributed by atoms with Gasteiger partial charge in [0.1, 0.15) is 6.54 Å². The third-order valence-electron chi connectivity index (χ3n) is 4.33. The van der Waals surface area contributed by atoms with Gasteiger partial charge in [-0.3, -0.25) is 14.7 Å². The summed E-state index contributed by atoms with van der Waals surface area (Å²) in [6.45, 7) is 3.84. The fourth-order valence-corrected chi connectivity index (χ4v) is 2.89. The van der Waals surface area contributed by atoms with Crippen LogP contribution in [-0.4, -0.2) is 39.1 Å². The van der Waals surface area contributed by atoms with Crippen molar-refractivity contribution < 1.29 is 14.7 Å². The lowest BCUT2D eigenvalue weighted by atomic mass is 10.1. The van der Waals surface area contributed by atoms with E-state index in [-0.39, 0.29) is 13.1 Å². The third kappa shape index (κ3) is 3.66. The fourth-order valence-electron chi connectivity index (χ4n) is 2.89. The normalized spacial score (nSPS) is 10.7. The van der Waals surface area contributed by atoms with Crippen LogP contribution in [0.5, 0.6) is 0 Å². The van der Waals surface area contributed by atoms with Gasteiger partial charge in [0.25, 0.3) is 0 Å². The second kappa shape index (κ2) is 7.26. The topological polar surface area (TPSA) is 98.3 Å². The SMILES string of the molecule is Cc1c(CN(C=O)CC(=O)O)cccc1Nc1ccc2c(C)[nH]nc2c1. The van der Waals surface area contributed by atoms with E-state index in [1.54, 1.807) is 0 Å². The number of rotatable bonds is 7. The summed E-state index contributed by atoms with van der Waals surface area (Å²) >= 11 is 0. The average molecular weight is 352 g/mol. The highest BCUT2D eigenvalue weighted by atomic mass is 16.4. The molecule has 3 N–H and O–H groups in total. The molecule has 2 aromatic carbocycles. The van der Waals surface area contributed by atoms with Crippen LogP contribution in [0.3, 0.4) is 0 Å². The van der Waals surface area contributed by atoms with Crippen molar-refractivity contribution in [2.45, 2.75) is 20.4 Å². The summed E-state index contributed by atoms with van der Waals surface area (Å²) in [4.78, 5) is 23.2. The lowest BCUT2D eigenvalue weighted by Gasteiger charge is -2.18. The first-order valence-electron chi connectivity index (χ1n) is 8.19. The molecule has 0 spiro atoms. The molecular formula is C19H20N4O3. The number of carboxylic acids is 1. The number of aliphatic carboxylic acids is 1. The van der Waals surface area contributed by atoms with E-state index in [1.165, 1.54) is 4.90 Å². The number of hydrogen-bond acceptors (Lipinski definition) is 4. The number of nitrogens with zero attached hydrogens (tertiary/aromatic N) is 2. The van der Waals surface area contributed by atoms with E-state index in [1.807, 2.05) is 50.2 Å². The number of aromatic nitrogens is 2. The van der Waals surface area contributed by atoms with Gasteiger partial charge in [-0.05, 0) is 49.2 Å². The lowest BCUT2D eigenvalue weighted by Crippen LogP contribution is -2.28. The summed E-state index contributed by atoms with van der Waals surface area (Å²) in [6.07, 6.45) is 0.557. The first-order valence-corrected chi connectivity index (χ1v) is 8.19. The van der Waals surface area contributed by atoms with Crippen molar-refractivity contribution in [2.24, 2.45) is 0 Å². The van der Waals surface area contributed by atoms with E-state index >= 15 is 0 Å². The first kappa shape index (κ1) is 17.5. The molecule has 0 aliphatic carbocycles. The van der Waals surface area contributed by atoms with Crippen LogP contribution >= 0.6 is 0 Å². The molecular weight excluding hydrogens is 332 g/mol. The minimum atomic E-state index is -1.04. The molecule has 7 nitrogen and oxygen atoms in total. The van der Waals surface area contributed by atoms with E-state index in [9.17, 15) is 9.59 Å². The van der Waals surface area contributed by atoms with Crippen LogP contribution in [-0.2, 0) is 16.1 Å². The number of fused-ring (bicyclic) bond motifs is 1. The molecule has 3 rings (SSSR count). The first-order chi connectivity index (χ1) is 12.5. The van der Waals surface area contributed by atoms with Crippen molar-refractivity contribution in [3.63, 3.8) is 0 Å². The van der Waals surface area contributed by atoms with Crippen LogP contribution < -0.4 is 5.32 Å². The van der Waals surface area contributed by atoms with Crippen LogP contribution in [0.25, 0.3) is 10.9 Å². The highest BCUT2D eigenvalue weighted by Crippen LogP contribution is 2.26. The number of aromatic amines is 1. The molecule has 0 fully saturated rings. The Labute approximate surface area is 150 Å². The lowest BCUT2D eigenvalue weighted by molar-refractivity contribution is -0.141. The average Bonchev–Trinajstić information content (AvgIpc) is 2.98. The Bertz CT molecular complexity index is 965. The summed E-state index contributed by atoms with van der Waals surface area (Å²) < 4.78 is 0. The second-order valence-corrected chi connectivity index (χ2v) is 6.20. The largest absolute Gasteiger partial charge is 0.480 e. The van der Waals surface area contributed by atoms with Gasteiger partial charge in [-0.25, -0.2) is 0 Å². The third-order valence-corrected chi connectivity index (χ3v) is 4.33. The zero-order chi connectivity index (χ0) is 18.7. The van der Waals surface area contributed by atoms with Gasteiger partial charge in [0, 0.05) is 29.0 Å². The van der Waals surface area contributed by atoms with Crippen molar-refractivity contribution in [3.8, 4) is 0 Å². The van der Waals surface area contributed by atoms with Crippen LogP contribution in [0, 0.1) is 13.8 Å². The van der Waals surface area contributed by atoms with Crippen molar-refractivity contribution >= 4 is 34.7 Å². The molecule has 3 aromatic rings. The molecule has 26 heavy (non-hydrogen) atoms. The molecule has 0 radical (unpaired) electrons. The zero-order valence-corrected chi connectivity index (χ0v) is 14.6. The molecule has 7 heteroatoms. The molecule has 0 atom stereocenters. The quantitative estimate of drug-likeness (QED) is 0.568. The van der Waals surface area contributed by atoms with Gasteiger partial charge in [-0.15, -0.1) is 0 Å². The number of nitrogens with one attached hydrogen (secondary N) is 2. The van der Waals surface area contributed by atoms with Crippen molar-refractivity contribution in [1.82, 2.24) is 15.1 Å². The Kier molecular flexibility index (Phi) is 4.88. The van der Waals surface area contributed by atoms with Crippen LogP contribution in [0.2, 0.25) is 0 Å². The standard InChI is InChI=1S/C19H20N4O3/c1-12-14(9-23(11-24)10-19(25)26)4-3-5-17(12)20-15-6-7-16-13(2)21-22-18(16)8-15/h3-8,11,20H,9-10H2,1-2H3,(H,21,22)(H,25,26). The highest BCUT2D eigenvalue weighted by molar-refractivity contribution is 5.85. The fraction of sp³-hybridized carbons (Fsp3) is 0.211. The zero-order valence-electron chi connectivity index (χ0n) is 14.6. The Morgan fingerprint density at radius 3 is 2.85 bits per heavy atom. The molecule has 0 aliphatic rings. The van der Waals surface area contributed by atoms with E-state index in [2.05, 4.69) is 15.5 Å². The molecule has 0 aliphatic heterocycles. The van der Waals surface area contributed by atoms with Gasteiger partial charge in [-0.2, -0.15) is 5.10 Å². The Balaban J connectivity index is 1.83.